The van der Waals surface area contributed by atoms with Crippen molar-refractivity contribution in [1.29, 1.82) is 0 Å². The molecule has 0 bridgehead atoms. The molecule has 6 nitrogen and oxygen atoms in total. The van der Waals surface area contributed by atoms with Crippen molar-refractivity contribution in [2.75, 3.05) is 6.54 Å². The third-order valence-electron chi connectivity index (χ3n) is 3.61. The van der Waals surface area contributed by atoms with Crippen LogP contribution in [0.4, 0.5) is 18.0 Å². The molecule has 1 aliphatic carbocycles. The number of aromatic nitrogens is 3. The van der Waals surface area contributed by atoms with E-state index in [0.29, 0.717) is 5.70 Å². The second-order valence-electron chi connectivity index (χ2n) is 7.00. The third-order valence-corrected chi connectivity index (χ3v) is 3.61. The summed E-state index contributed by atoms with van der Waals surface area (Å²) >= 11 is 0. The number of allylic oxidation sites excluding steroid dienone is 1. The minimum absolute atomic E-state index is 0.0614. The normalized spacial score (nSPS) is 20.2. The Morgan fingerprint density at radius 2 is 1.92 bits per heavy atom. The van der Waals surface area contributed by atoms with Gasteiger partial charge >= 0.3 is 12.3 Å². The molecule has 1 aromatic heterocycles. The van der Waals surface area contributed by atoms with E-state index in [1.807, 2.05) is 0 Å². The van der Waals surface area contributed by atoms with Crippen LogP contribution < -0.4 is 0 Å². The molecule has 1 fully saturated rings. The van der Waals surface area contributed by atoms with Gasteiger partial charge in [0.15, 0.2) is 5.82 Å². The van der Waals surface area contributed by atoms with Gasteiger partial charge < -0.3 is 4.74 Å². The van der Waals surface area contributed by atoms with Crippen LogP contribution in [0.15, 0.2) is 6.08 Å². The number of carbonyl (C=O) groups excluding carboxylic acids is 1. The summed E-state index contributed by atoms with van der Waals surface area (Å²) in [6.07, 6.45) is -1.51. The lowest BCUT2D eigenvalue weighted by atomic mass is 10.2. The molecule has 2 aliphatic rings. The zero-order valence-electron chi connectivity index (χ0n) is 13.7. The standard InChI is InChI=1S/C15H19F3N4O2/c1-14(2,3)24-13(23)21-6-7-22-11(10(21)8-9-4-5-9)19-12(20-22)15(16,17)18/h8-9H,4-7H2,1-3H3. The first kappa shape index (κ1) is 16.8. The van der Waals surface area contributed by atoms with Crippen LogP contribution in [0, 0.1) is 5.92 Å². The van der Waals surface area contributed by atoms with Crippen molar-refractivity contribution in [2.24, 2.45) is 5.92 Å². The Labute approximate surface area is 137 Å². The van der Waals surface area contributed by atoms with Gasteiger partial charge in [0.25, 0.3) is 5.82 Å². The summed E-state index contributed by atoms with van der Waals surface area (Å²) in [7, 11) is 0. The van der Waals surface area contributed by atoms with Crippen molar-refractivity contribution in [3.05, 3.63) is 17.7 Å². The molecule has 0 N–H and O–H groups in total. The number of hydrogen-bond donors (Lipinski definition) is 0. The van der Waals surface area contributed by atoms with E-state index >= 15 is 0 Å². The van der Waals surface area contributed by atoms with Crippen LogP contribution in [-0.4, -0.2) is 37.9 Å². The summed E-state index contributed by atoms with van der Waals surface area (Å²) in [6, 6.07) is 0. The molecule has 0 saturated heterocycles. The Balaban J connectivity index is 1.96. The number of carbonyl (C=O) groups is 1. The Hall–Kier alpha value is -2.06. The molecule has 1 aromatic rings. The minimum Gasteiger partial charge on any atom is -0.443 e. The molecule has 2 heterocycles. The molecule has 132 valence electrons. The smallest absolute Gasteiger partial charge is 0.443 e. The molecule has 0 spiro atoms. The number of rotatable bonds is 1. The number of amides is 1. The maximum absolute atomic E-state index is 12.9. The zero-order chi connectivity index (χ0) is 17.7. The van der Waals surface area contributed by atoms with E-state index in [0.717, 1.165) is 12.8 Å². The number of halogens is 3. The predicted molar refractivity (Wildman–Crippen MR) is 78.7 cm³/mol. The van der Waals surface area contributed by atoms with Crippen molar-refractivity contribution in [2.45, 2.75) is 51.9 Å². The monoisotopic (exact) mass is 344 g/mol. The fourth-order valence-electron chi connectivity index (χ4n) is 2.40. The highest BCUT2D eigenvalue weighted by atomic mass is 19.4. The van der Waals surface area contributed by atoms with Crippen molar-refractivity contribution < 1.29 is 22.7 Å². The van der Waals surface area contributed by atoms with Crippen LogP contribution in [-0.2, 0) is 17.5 Å². The Kier molecular flexibility index (Phi) is 3.84. The van der Waals surface area contributed by atoms with Crippen LogP contribution in [0.25, 0.3) is 5.70 Å². The molecule has 0 unspecified atom stereocenters. The number of ether oxygens (including phenoxy) is 1. The van der Waals surface area contributed by atoms with E-state index in [1.54, 1.807) is 26.8 Å². The van der Waals surface area contributed by atoms with Crippen LogP contribution in [0.1, 0.15) is 45.3 Å². The summed E-state index contributed by atoms with van der Waals surface area (Å²) in [5.74, 6) is -0.876. The second kappa shape index (κ2) is 5.49. The van der Waals surface area contributed by atoms with E-state index in [9.17, 15) is 18.0 Å². The third kappa shape index (κ3) is 3.54. The number of fused-ring (bicyclic) bond motifs is 1. The molecular formula is C15H19F3N4O2. The van der Waals surface area contributed by atoms with Gasteiger partial charge in [-0.15, -0.1) is 5.10 Å². The number of alkyl halides is 3. The van der Waals surface area contributed by atoms with Gasteiger partial charge in [0.1, 0.15) is 5.60 Å². The molecule has 1 saturated carbocycles. The fourth-order valence-corrected chi connectivity index (χ4v) is 2.40. The average molecular weight is 344 g/mol. The first-order valence-electron chi connectivity index (χ1n) is 7.79. The molecule has 1 amide bonds. The fraction of sp³-hybridized carbons (Fsp3) is 0.667. The second-order valence-corrected chi connectivity index (χ2v) is 7.00. The topological polar surface area (TPSA) is 60.2 Å². The molecule has 0 aromatic carbocycles. The maximum Gasteiger partial charge on any atom is 0.453 e. The average Bonchev–Trinajstić information content (AvgIpc) is 3.11. The Morgan fingerprint density at radius 3 is 2.46 bits per heavy atom. The molecule has 9 heteroatoms. The van der Waals surface area contributed by atoms with Crippen molar-refractivity contribution in [3.8, 4) is 0 Å². The van der Waals surface area contributed by atoms with Crippen LogP contribution in [0.2, 0.25) is 0 Å². The highest BCUT2D eigenvalue weighted by molar-refractivity contribution is 5.81. The lowest BCUT2D eigenvalue weighted by Crippen LogP contribution is -2.41. The van der Waals surface area contributed by atoms with Crippen molar-refractivity contribution in [1.82, 2.24) is 19.7 Å². The Bertz CT molecular complexity index is 684. The van der Waals surface area contributed by atoms with E-state index < -0.39 is 23.7 Å². The van der Waals surface area contributed by atoms with Crippen LogP contribution in [0.5, 0.6) is 0 Å². The van der Waals surface area contributed by atoms with Gasteiger partial charge in [0.2, 0.25) is 0 Å². The molecular weight excluding hydrogens is 325 g/mol. The van der Waals surface area contributed by atoms with Crippen LogP contribution in [0.3, 0.4) is 0 Å². The van der Waals surface area contributed by atoms with Gasteiger partial charge in [-0.1, -0.05) is 6.08 Å². The van der Waals surface area contributed by atoms with Crippen molar-refractivity contribution >= 4 is 11.8 Å². The minimum atomic E-state index is -4.62. The van der Waals surface area contributed by atoms with Gasteiger partial charge in [-0.25, -0.2) is 14.5 Å². The van der Waals surface area contributed by atoms with Crippen LogP contribution >= 0.6 is 0 Å². The first-order chi connectivity index (χ1) is 11.0. The van der Waals surface area contributed by atoms with Gasteiger partial charge in [0.05, 0.1) is 12.2 Å². The maximum atomic E-state index is 12.9. The van der Waals surface area contributed by atoms with E-state index in [-0.39, 0.29) is 24.8 Å². The quantitative estimate of drug-likeness (QED) is 0.784. The zero-order valence-corrected chi connectivity index (χ0v) is 13.7. The van der Waals surface area contributed by atoms with E-state index in [1.165, 1.54) is 9.58 Å². The predicted octanol–water partition coefficient (Wildman–Crippen LogP) is 3.30. The number of hydrogen-bond acceptors (Lipinski definition) is 4. The summed E-state index contributed by atoms with van der Waals surface area (Å²) in [5.41, 5.74) is -0.342. The van der Waals surface area contributed by atoms with Gasteiger partial charge in [-0.2, -0.15) is 13.2 Å². The van der Waals surface area contributed by atoms with E-state index in [4.69, 9.17) is 4.74 Å². The molecule has 24 heavy (non-hydrogen) atoms. The summed E-state index contributed by atoms with van der Waals surface area (Å²) < 4.78 is 45.2. The van der Waals surface area contributed by atoms with Gasteiger partial charge in [-0.05, 0) is 39.5 Å². The molecule has 1 aliphatic heterocycles. The summed E-state index contributed by atoms with van der Waals surface area (Å²) in [6.45, 7) is 5.55. The van der Waals surface area contributed by atoms with Gasteiger partial charge in [0, 0.05) is 6.54 Å². The lowest BCUT2D eigenvalue weighted by molar-refractivity contribution is -0.145. The summed E-state index contributed by atoms with van der Waals surface area (Å²) in [4.78, 5) is 17.4. The SMILES string of the molecule is CC(C)(C)OC(=O)N1CCn2nc(C(F)(F)F)nc2C1=CC1CC1. The largest absolute Gasteiger partial charge is 0.453 e. The van der Waals surface area contributed by atoms with Crippen molar-refractivity contribution in [3.63, 3.8) is 0 Å². The highest BCUT2D eigenvalue weighted by Gasteiger charge is 2.40. The van der Waals surface area contributed by atoms with Gasteiger partial charge in [-0.3, -0.25) is 4.90 Å². The first-order valence-corrected chi connectivity index (χ1v) is 7.79. The molecule has 0 atom stereocenters. The lowest BCUT2D eigenvalue weighted by Gasteiger charge is -2.31. The number of nitrogens with zero attached hydrogens (tertiary/aromatic N) is 4. The molecule has 0 radical (unpaired) electrons. The Morgan fingerprint density at radius 1 is 1.25 bits per heavy atom. The summed E-state index contributed by atoms with van der Waals surface area (Å²) in [5, 5.41) is 3.53. The van der Waals surface area contributed by atoms with E-state index in [2.05, 4.69) is 10.1 Å². The highest BCUT2D eigenvalue weighted by Crippen LogP contribution is 2.37. The molecule has 3 rings (SSSR count).